The van der Waals surface area contributed by atoms with Gasteiger partial charge in [-0.3, -0.25) is 0 Å². The first kappa shape index (κ1) is 19.7. The van der Waals surface area contributed by atoms with Crippen molar-refractivity contribution in [3.8, 4) is 5.75 Å². The van der Waals surface area contributed by atoms with Crippen LogP contribution in [0.5, 0.6) is 5.75 Å². The molecule has 24 heavy (non-hydrogen) atoms. The van der Waals surface area contributed by atoms with Gasteiger partial charge in [-0.05, 0) is 38.0 Å². The van der Waals surface area contributed by atoms with E-state index in [-0.39, 0.29) is 0 Å². The van der Waals surface area contributed by atoms with Crippen LogP contribution in [0.15, 0.2) is 30.4 Å². The monoisotopic (exact) mass is 333 g/mol. The molecule has 1 aromatic carbocycles. The second-order valence-electron chi connectivity index (χ2n) is 5.88. The number of ether oxygens (including phenoxy) is 1. The van der Waals surface area contributed by atoms with E-state index in [0.29, 0.717) is 24.2 Å². The third-order valence-electron chi connectivity index (χ3n) is 3.33. The minimum atomic E-state index is -1.55. The van der Waals surface area contributed by atoms with Crippen LogP contribution in [0.1, 0.15) is 43.9 Å². The minimum absolute atomic E-state index is 0.384. The van der Waals surface area contributed by atoms with E-state index >= 15 is 0 Å². The average Bonchev–Trinajstić information content (AvgIpc) is 2.68. The van der Waals surface area contributed by atoms with Crippen molar-refractivity contribution in [2.45, 2.75) is 45.7 Å². The van der Waals surface area contributed by atoms with E-state index in [1.54, 1.807) is 0 Å². The van der Waals surface area contributed by atoms with E-state index in [0.717, 1.165) is 25.2 Å². The molecule has 0 fully saturated rings. The lowest BCUT2D eigenvalue weighted by molar-refractivity contribution is -0.301. The highest BCUT2D eigenvalue weighted by atomic mass is 16.5. The number of fused-ring (bicyclic) bond motifs is 1. The number of rotatable bonds is 4. The molecule has 1 heterocycles. The van der Waals surface area contributed by atoms with Gasteiger partial charge in [0.2, 0.25) is 0 Å². The van der Waals surface area contributed by atoms with Crippen LogP contribution in [0, 0.1) is 6.92 Å². The van der Waals surface area contributed by atoms with Gasteiger partial charge in [0.05, 0.1) is 18.5 Å². The fourth-order valence-electron chi connectivity index (χ4n) is 2.41. The van der Waals surface area contributed by atoms with Crippen LogP contribution in [0.4, 0.5) is 0 Å². The lowest BCUT2D eigenvalue weighted by Crippen LogP contribution is -2.27. The molecule has 6 nitrogen and oxygen atoms in total. The van der Waals surface area contributed by atoms with Crippen molar-refractivity contribution in [3.63, 3.8) is 0 Å². The highest BCUT2D eigenvalue weighted by Gasteiger charge is 2.19. The van der Waals surface area contributed by atoms with Gasteiger partial charge in [-0.25, -0.2) is 0 Å². The zero-order valence-corrected chi connectivity index (χ0v) is 14.2. The molecule has 1 atom stereocenters. The number of nitrogens with one attached hydrogen (secondary N) is 1. The molecule has 1 aromatic rings. The van der Waals surface area contributed by atoms with Crippen molar-refractivity contribution in [2.75, 3.05) is 6.61 Å². The Bertz CT molecular complexity index is 579. The van der Waals surface area contributed by atoms with Crippen molar-refractivity contribution in [2.24, 2.45) is 0 Å². The summed E-state index contributed by atoms with van der Waals surface area (Å²) in [5.41, 5.74) is 2.63. The molecule has 1 aliphatic heterocycles. The Morgan fingerprint density at radius 3 is 2.42 bits per heavy atom. The Hall–Kier alpha value is -2.34. The molecule has 0 radical (unpaired) electrons. The van der Waals surface area contributed by atoms with Crippen LogP contribution in [-0.2, 0) is 9.59 Å². The minimum Gasteiger partial charge on any atom is -0.545 e. The van der Waals surface area contributed by atoms with Crippen LogP contribution in [0.3, 0.4) is 0 Å². The Kier molecular flexibility index (Phi) is 7.98. The van der Waals surface area contributed by atoms with Crippen molar-refractivity contribution >= 4 is 11.9 Å². The number of carbonyl (C=O) groups is 2. The summed E-state index contributed by atoms with van der Waals surface area (Å²) in [6, 6.07) is 7.43. The lowest BCUT2D eigenvalue weighted by Gasteiger charge is -2.21. The van der Waals surface area contributed by atoms with Gasteiger partial charge >= 0.3 is 0 Å². The summed E-state index contributed by atoms with van der Waals surface area (Å²) in [7, 11) is 0. The van der Waals surface area contributed by atoms with E-state index < -0.39 is 11.9 Å². The quantitative estimate of drug-likeness (QED) is 0.793. The van der Waals surface area contributed by atoms with E-state index in [4.69, 9.17) is 4.74 Å². The topological polar surface area (TPSA) is 102 Å². The summed E-state index contributed by atoms with van der Waals surface area (Å²) in [4.78, 5) is 18.8. The molecule has 1 aliphatic rings. The normalized spacial score (nSPS) is 16.6. The Labute approximate surface area is 142 Å². The summed E-state index contributed by atoms with van der Waals surface area (Å²) < 4.78 is 5.78. The van der Waals surface area contributed by atoms with E-state index in [9.17, 15) is 19.8 Å². The van der Waals surface area contributed by atoms with Gasteiger partial charge in [-0.15, -0.1) is 0 Å². The maximum absolute atomic E-state index is 9.41. The number of carboxylic acids is 2. The first-order chi connectivity index (χ1) is 11.3. The van der Waals surface area contributed by atoms with Crippen LogP contribution >= 0.6 is 0 Å². The predicted molar refractivity (Wildman–Crippen MR) is 86.1 cm³/mol. The molecular formula is C18H23NO5-2. The van der Waals surface area contributed by atoms with Crippen molar-refractivity contribution < 1.29 is 24.5 Å². The number of hydrogen-bond donors (Lipinski definition) is 1. The molecule has 0 aliphatic carbocycles. The fraction of sp³-hybridized carbons (Fsp3) is 0.444. The Morgan fingerprint density at radius 1 is 1.25 bits per heavy atom. The number of carbonyl (C=O) groups excluding carboxylic acids is 2. The van der Waals surface area contributed by atoms with E-state index in [2.05, 4.69) is 44.3 Å². The van der Waals surface area contributed by atoms with Gasteiger partial charge in [0.25, 0.3) is 0 Å². The molecule has 6 heteroatoms. The molecule has 0 saturated heterocycles. The molecule has 2 rings (SSSR count). The molecule has 1 unspecified atom stereocenters. The van der Waals surface area contributed by atoms with Gasteiger partial charge in [-0.1, -0.05) is 31.5 Å². The van der Waals surface area contributed by atoms with E-state index in [1.807, 2.05) is 0 Å². The number of hydrogen-bond acceptors (Lipinski definition) is 6. The van der Waals surface area contributed by atoms with Crippen LogP contribution in [-0.4, -0.2) is 24.6 Å². The molecule has 1 N–H and O–H groups in total. The standard InChI is InChI=1S/C14H21NO.C4H4O4/c1-10(2)15-13-5-4-8-16-14-7-6-11(3)9-12(13)14;5-3(6)1-2-4(7)8/h6-7,9-10,13,15H,4-5,8H2,1-3H3;1-2H,(H,5,6)(H,7,8)/p-2/b;2-1+. The summed E-state index contributed by atoms with van der Waals surface area (Å²) in [6.45, 7) is 7.37. The Balaban J connectivity index is 0.000000307. The molecule has 132 valence electrons. The van der Waals surface area contributed by atoms with Gasteiger partial charge in [0.15, 0.2) is 0 Å². The summed E-state index contributed by atoms with van der Waals surface area (Å²) >= 11 is 0. The lowest BCUT2D eigenvalue weighted by atomic mass is 9.99. The summed E-state index contributed by atoms with van der Waals surface area (Å²) in [6.07, 6.45) is 3.05. The number of carboxylic acid groups (broad SMARTS) is 2. The van der Waals surface area contributed by atoms with Crippen LogP contribution in [0.25, 0.3) is 0 Å². The average molecular weight is 333 g/mol. The maximum atomic E-state index is 9.41. The number of aliphatic carboxylic acids is 2. The second-order valence-corrected chi connectivity index (χ2v) is 5.88. The highest BCUT2D eigenvalue weighted by Crippen LogP contribution is 2.32. The number of benzene rings is 1. The van der Waals surface area contributed by atoms with Gasteiger partial charge in [0.1, 0.15) is 5.75 Å². The zero-order valence-electron chi connectivity index (χ0n) is 14.2. The van der Waals surface area contributed by atoms with Crippen molar-refractivity contribution in [1.29, 1.82) is 0 Å². The van der Waals surface area contributed by atoms with Crippen LogP contribution in [0.2, 0.25) is 0 Å². The first-order valence-corrected chi connectivity index (χ1v) is 7.89. The summed E-state index contributed by atoms with van der Waals surface area (Å²) in [5.74, 6) is -2.04. The fourth-order valence-corrected chi connectivity index (χ4v) is 2.41. The molecule has 0 aromatic heterocycles. The first-order valence-electron chi connectivity index (χ1n) is 7.89. The summed E-state index contributed by atoms with van der Waals surface area (Å²) in [5, 5.41) is 22.5. The SMILES string of the molecule is Cc1ccc2c(c1)C(NC(C)C)CCCO2.O=C([O-])/C=C/C(=O)[O-]. The molecular weight excluding hydrogens is 310 g/mol. The van der Waals surface area contributed by atoms with Gasteiger partial charge in [-0.2, -0.15) is 0 Å². The van der Waals surface area contributed by atoms with Crippen LogP contribution < -0.4 is 20.3 Å². The Morgan fingerprint density at radius 2 is 1.88 bits per heavy atom. The van der Waals surface area contributed by atoms with Gasteiger partial charge < -0.3 is 29.9 Å². The van der Waals surface area contributed by atoms with Crippen molar-refractivity contribution in [3.05, 3.63) is 41.5 Å². The third-order valence-corrected chi connectivity index (χ3v) is 3.33. The maximum Gasteiger partial charge on any atom is 0.124 e. The second kappa shape index (κ2) is 9.72. The smallest absolute Gasteiger partial charge is 0.124 e. The predicted octanol–water partition coefficient (Wildman–Crippen LogP) is 0.249. The highest BCUT2D eigenvalue weighted by molar-refractivity contribution is 5.87. The number of aryl methyl sites for hydroxylation is 1. The molecule has 0 spiro atoms. The largest absolute Gasteiger partial charge is 0.545 e. The molecule has 0 amide bonds. The van der Waals surface area contributed by atoms with Crippen molar-refractivity contribution in [1.82, 2.24) is 5.32 Å². The zero-order chi connectivity index (χ0) is 18.1. The third kappa shape index (κ3) is 7.28. The molecule has 0 saturated carbocycles. The van der Waals surface area contributed by atoms with Gasteiger partial charge in [0, 0.05) is 17.6 Å². The van der Waals surface area contributed by atoms with E-state index in [1.165, 1.54) is 11.1 Å². The molecule has 0 bridgehead atoms.